The summed E-state index contributed by atoms with van der Waals surface area (Å²) in [4.78, 5) is 21.8. The number of hydrogen-bond donors (Lipinski definition) is 2. The maximum atomic E-state index is 9.25. The zero-order valence-electron chi connectivity index (χ0n) is 16.6. The molecular formula is C25H24O4Ti. The zero-order valence-corrected chi connectivity index (χ0v) is 18.2. The van der Waals surface area contributed by atoms with Crippen molar-refractivity contribution in [1.82, 2.24) is 0 Å². The van der Waals surface area contributed by atoms with Crippen LogP contribution in [0.2, 0.25) is 0 Å². The van der Waals surface area contributed by atoms with Crippen LogP contribution in [0, 0.1) is 6.08 Å². The Bertz CT molecular complexity index is 934. The molecule has 0 aliphatic heterocycles. The number of allylic oxidation sites excluding steroid dienone is 4. The molecule has 0 atom stereocenters. The summed E-state index contributed by atoms with van der Waals surface area (Å²) < 4.78 is 0. The fourth-order valence-electron chi connectivity index (χ4n) is 2.24. The van der Waals surface area contributed by atoms with Crippen LogP contribution in [0.3, 0.4) is 0 Å². The van der Waals surface area contributed by atoms with Gasteiger partial charge in [-0.05, 0) is 0 Å². The Balaban J connectivity index is 0.000000417. The van der Waals surface area contributed by atoms with Crippen LogP contribution < -0.4 is 0 Å². The molecule has 3 aromatic rings. The fraction of sp³-hybridized carbons (Fsp3) is 0.0400. The molecular weight excluding hydrogens is 412 g/mol. The number of carboxylic acids is 2. The van der Waals surface area contributed by atoms with Crippen molar-refractivity contribution in [1.29, 1.82) is 0 Å². The number of hydrogen-bond acceptors (Lipinski definition) is 2. The van der Waals surface area contributed by atoms with Gasteiger partial charge in [0.25, 0.3) is 0 Å². The molecule has 0 bridgehead atoms. The Morgan fingerprint density at radius 2 is 1.30 bits per heavy atom. The summed E-state index contributed by atoms with van der Waals surface area (Å²) in [5.74, 6) is -1.96. The number of carboxylic acid groups (broad SMARTS) is 2. The maximum Gasteiger partial charge on any atom is -0.0771 e. The van der Waals surface area contributed by atoms with Crippen LogP contribution in [0.15, 0.2) is 98.1 Å². The molecule has 0 amide bonds. The van der Waals surface area contributed by atoms with E-state index < -0.39 is 11.9 Å². The third kappa shape index (κ3) is 11.0. The molecule has 4 nitrogen and oxygen atoms in total. The first-order valence-electron chi connectivity index (χ1n) is 8.80. The quantitative estimate of drug-likeness (QED) is 0.316. The van der Waals surface area contributed by atoms with Gasteiger partial charge >= 0.3 is 36.7 Å². The van der Waals surface area contributed by atoms with Crippen molar-refractivity contribution in [2.75, 3.05) is 0 Å². The summed E-state index contributed by atoms with van der Waals surface area (Å²) in [6, 6.07) is 19.3. The first-order chi connectivity index (χ1) is 14.5. The van der Waals surface area contributed by atoms with Gasteiger partial charge in [0, 0.05) is 12.2 Å². The molecule has 0 unspecified atom stereocenters. The fourth-order valence-corrected chi connectivity index (χ4v) is 2.24. The Morgan fingerprint density at radius 1 is 0.900 bits per heavy atom. The van der Waals surface area contributed by atoms with Gasteiger partial charge in [-0.25, -0.2) is 21.7 Å². The number of benzene rings is 2. The van der Waals surface area contributed by atoms with Crippen molar-refractivity contribution < 1.29 is 39.8 Å². The number of aliphatic carboxylic acids is 2. The second-order valence-corrected chi connectivity index (χ2v) is 5.41. The van der Waals surface area contributed by atoms with Crippen LogP contribution in [0.25, 0.3) is 21.5 Å². The largest absolute Gasteiger partial charge is 0.126 e. The number of rotatable bonds is 2. The molecule has 0 saturated carbocycles. The van der Waals surface area contributed by atoms with Crippen LogP contribution in [0.4, 0.5) is 0 Å². The standard InChI is InChI=1S/C13H9.C5H5.2C3H4O2.CH2.Ti/c1-3-7-12-10(5-1)9-11-6-2-4-8-13(11)12;1-2-4-5-3-1;2*1-2-3(4)5;;/h1-9H;1-3H,4H2;2*2H,1H2,(H,4,5);1H2;/q2*-1;;;;+2. The van der Waals surface area contributed by atoms with Gasteiger partial charge in [0.1, 0.15) is 0 Å². The van der Waals surface area contributed by atoms with E-state index in [4.69, 9.17) is 10.2 Å². The average Bonchev–Trinajstić information content (AvgIpc) is 3.47. The van der Waals surface area contributed by atoms with Crippen molar-refractivity contribution in [3.8, 4) is 0 Å². The molecule has 0 aromatic heterocycles. The Hall–Kier alpha value is -3.21. The molecule has 0 saturated heterocycles. The minimum absolute atomic E-state index is 0.833. The maximum absolute atomic E-state index is 9.25. The minimum atomic E-state index is -0.981. The topological polar surface area (TPSA) is 74.6 Å². The normalized spacial score (nSPS) is 10.1. The van der Waals surface area contributed by atoms with Crippen LogP contribution in [-0.2, 0) is 29.6 Å². The number of carbonyl (C=O) groups is 2. The monoisotopic (exact) mass is 436 g/mol. The molecule has 0 fully saturated rings. The van der Waals surface area contributed by atoms with Gasteiger partial charge in [-0.3, -0.25) is 6.08 Å². The molecule has 2 N–H and O–H groups in total. The van der Waals surface area contributed by atoms with Crippen LogP contribution in [0.1, 0.15) is 6.42 Å². The second-order valence-electron chi connectivity index (χ2n) is 5.41. The molecule has 0 radical (unpaired) electrons. The first kappa shape index (κ1) is 26.8. The predicted octanol–water partition coefficient (Wildman–Crippen LogP) is 5.50. The predicted molar refractivity (Wildman–Crippen MR) is 121 cm³/mol. The summed E-state index contributed by atoms with van der Waals surface area (Å²) in [6.45, 7) is 5.92. The average molecular weight is 436 g/mol. The van der Waals surface area contributed by atoms with E-state index in [2.05, 4.69) is 84.7 Å². The molecule has 0 heterocycles. The Kier molecular flexibility index (Phi) is 14.9. The van der Waals surface area contributed by atoms with Crippen molar-refractivity contribution >= 4 is 38.3 Å². The van der Waals surface area contributed by atoms with Gasteiger partial charge in [-0.1, -0.05) is 49.6 Å². The van der Waals surface area contributed by atoms with E-state index in [1.807, 2.05) is 12.2 Å². The van der Waals surface area contributed by atoms with Crippen LogP contribution in [0.5, 0.6) is 0 Å². The molecule has 0 spiro atoms. The van der Waals surface area contributed by atoms with E-state index in [1.54, 1.807) is 20.0 Å². The second kappa shape index (κ2) is 16.7. The van der Waals surface area contributed by atoms with E-state index >= 15 is 0 Å². The Labute approximate surface area is 188 Å². The molecule has 3 aromatic carbocycles. The van der Waals surface area contributed by atoms with E-state index in [9.17, 15) is 9.59 Å². The summed E-state index contributed by atoms with van der Waals surface area (Å²) in [6.07, 6.45) is 11.7. The third-order valence-electron chi connectivity index (χ3n) is 3.46. The molecule has 30 heavy (non-hydrogen) atoms. The summed E-state index contributed by atoms with van der Waals surface area (Å²) >= 11 is 1.75. The third-order valence-corrected chi connectivity index (χ3v) is 3.46. The van der Waals surface area contributed by atoms with E-state index in [1.165, 1.54) is 21.5 Å². The SMILES string of the molecule is C=CC(=O)O.C=CC(=O)O.[C-]1=CC=CC1.[CH2]=[Ti+2].c1ccc2c(c1)[cH-]c1ccccc12. The van der Waals surface area contributed by atoms with Gasteiger partial charge < -0.3 is 10.2 Å². The molecule has 5 heteroatoms. The van der Waals surface area contributed by atoms with Crippen molar-refractivity contribution in [2.45, 2.75) is 6.42 Å². The van der Waals surface area contributed by atoms with E-state index in [0.717, 1.165) is 18.6 Å². The summed E-state index contributed by atoms with van der Waals surface area (Å²) in [7, 11) is 0. The van der Waals surface area contributed by atoms with Gasteiger partial charge in [0.2, 0.25) is 0 Å². The zero-order chi connectivity index (χ0) is 22.8. The van der Waals surface area contributed by atoms with Gasteiger partial charge in [0.15, 0.2) is 0 Å². The van der Waals surface area contributed by atoms with E-state index in [0.29, 0.717) is 0 Å². The van der Waals surface area contributed by atoms with Crippen molar-refractivity contribution in [2.24, 2.45) is 0 Å². The molecule has 4 rings (SSSR count). The van der Waals surface area contributed by atoms with Gasteiger partial charge in [-0.2, -0.15) is 6.08 Å². The van der Waals surface area contributed by atoms with Gasteiger partial charge in [-0.15, -0.1) is 46.2 Å². The van der Waals surface area contributed by atoms with Crippen molar-refractivity contribution in [3.63, 3.8) is 0 Å². The smallest absolute Gasteiger partial charge is 0.0771 e. The van der Waals surface area contributed by atoms with Crippen LogP contribution >= 0.6 is 0 Å². The molecule has 152 valence electrons. The number of fused-ring (bicyclic) bond motifs is 3. The minimum Gasteiger partial charge on any atom is -0.126 e. The molecule has 1 aliphatic rings. The van der Waals surface area contributed by atoms with Crippen molar-refractivity contribution in [3.05, 3.63) is 104 Å². The summed E-state index contributed by atoms with van der Waals surface area (Å²) in [5.41, 5.74) is 0. The molecule has 1 aliphatic carbocycles. The van der Waals surface area contributed by atoms with Gasteiger partial charge in [0.05, 0.1) is 0 Å². The Morgan fingerprint density at radius 3 is 1.57 bits per heavy atom. The van der Waals surface area contributed by atoms with Crippen LogP contribution in [-0.4, -0.2) is 27.0 Å². The first-order valence-corrected chi connectivity index (χ1v) is 9.91. The van der Waals surface area contributed by atoms with E-state index in [-0.39, 0.29) is 0 Å². The summed E-state index contributed by atoms with van der Waals surface area (Å²) in [5, 5.41) is 20.6.